The molecule has 0 bridgehead atoms. The van der Waals surface area contributed by atoms with Crippen LogP contribution in [-0.4, -0.2) is 0 Å². The van der Waals surface area contributed by atoms with Crippen LogP contribution < -0.4 is 0 Å². The van der Waals surface area contributed by atoms with Crippen molar-refractivity contribution in [2.45, 2.75) is 5.41 Å². The van der Waals surface area contributed by atoms with Crippen LogP contribution in [0, 0.1) is 0 Å². The molecular weight excluding hydrogens is 709 g/mol. The predicted octanol–water partition coefficient (Wildman–Crippen LogP) is 15.3. The third kappa shape index (κ3) is 4.75. The molecule has 0 fully saturated rings. The Bertz CT molecular complexity index is 3280. The van der Waals surface area contributed by atoms with Crippen molar-refractivity contribution in [2.75, 3.05) is 0 Å². The van der Waals surface area contributed by atoms with Gasteiger partial charge in [-0.05, 0) is 73.3 Å². The summed E-state index contributed by atoms with van der Waals surface area (Å²) in [6.07, 6.45) is 0. The zero-order valence-corrected chi connectivity index (χ0v) is 31.8. The third-order valence-corrected chi connectivity index (χ3v) is 13.5. The Morgan fingerprint density at radius 1 is 0.333 bits per heavy atom. The minimum Gasteiger partial charge on any atom is -0.455 e. The first-order chi connectivity index (χ1) is 28.3. The van der Waals surface area contributed by atoms with Crippen LogP contribution in [0.1, 0.15) is 22.3 Å². The van der Waals surface area contributed by atoms with Crippen LogP contribution in [0.3, 0.4) is 0 Å². The Hall–Kier alpha value is -7.00. The number of thiophene rings is 1. The lowest BCUT2D eigenvalue weighted by Gasteiger charge is -2.34. The molecule has 0 aliphatic heterocycles. The van der Waals surface area contributed by atoms with Gasteiger partial charge in [0.05, 0.1) is 5.41 Å². The third-order valence-electron chi connectivity index (χ3n) is 12.2. The molecule has 0 spiro atoms. The van der Waals surface area contributed by atoms with Crippen LogP contribution in [0.4, 0.5) is 0 Å². The van der Waals surface area contributed by atoms with Gasteiger partial charge in [-0.1, -0.05) is 194 Å². The topological polar surface area (TPSA) is 13.1 Å². The van der Waals surface area contributed by atoms with E-state index in [2.05, 4.69) is 194 Å². The molecule has 0 amide bonds. The van der Waals surface area contributed by atoms with Crippen molar-refractivity contribution in [3.05, 3.63) is 229 Å². The molecule has 11 aromatic rings. The van der Waals surface area contributed by atoms with E-state index in [1.54, 1.807) is 0 Å². The first-order valence-electron chi connectivity index (χ1n) is 19.6. The lowest BCUT2D eigenvalue weighted by atomic mass is 9.67. The molecule has 0 radical (unpaired) electrons. The van der Waals surface area contributed by atoms with Gasteiger partial charge in [0.25, 0.3) is 0 Å². The molecule has 0 saturated carbocycles. The van der Waals surface area contributed by atoms with Crippen molar-refractivity contribution >= 4 is 53.4 Å². The van der Waals surface area contributed by atoms with Gasteiger partial charge in [0.1, 0.15) is 11.2 Å². The van der Waals surface area contributed by atoms with Crippen LogP contribution in [0.5, 0.6) is 0 Å². The molecule has 57 heavy (non-hydrogen) atoms. The summed E-state index contributed by atoms with van der Waals surface area (Å²) < 4.78 is 9.04. The molecule has 2 aromatic heterocycles. The molecule has 2 heterocycles. The average Bonchev–Trinajstić information content (AvgIpc) is 3.95. The summed E-state index contributed by atoms with van der Waals surface area (Å²) in [6, 6.07) is 75.7. The van der Waals surface area contributed by atoms with Crippen LogP contribution in [-0.2, 0) is 5.41 Å². The Labute approximate surface area is 334 Å². The number of hydrogen-bond donors (Lipinski definition) is 0. The summed E-state index contributed by atoms with van der Waals surface area (Å²) in [5.74, 6) is 0. The van der Waals surface area contributed by atoms with Crippen molar-refractivity contribution in [3.63, 3.8) is 0 Å². The fraction of sp³-hybridized carbons (Fsp3) is 0.0182. The highest BCUT2D eigenvalue weighted by atomic mass is 32.1. The van der Waals surface area contributed by atoms with E-state index in [9.17, 15) is 0 Å². The van der Waals surface area contributed by atoms with Gasteiger partial charge < -0.3 is 4.42 Å². The number of furan rings is 1. The number of hydrogen-bond acceptors (Lipinski definition) is 2. The van der Waals surface area contributed by atoms with Gasteiger partial charge in [-0.2, -0.15) is 0 Å². The number of benzene rings is 9. The van der Waals surface area contributed by atoms with E-state index in [1.807, 2.05) is 23.5 Å². The molecule has 9 aromatic carbocycles. The van der Waals surface area contributed by atoms with Gasteiger partial charge in [-0.3, -0.25) is 0 Å². The minimum atomic E-state index is -0.469. The van der Waals surface area contributed by atoms with Crippen LogP contribution in [0.2, 0.25) is 0 Å². The van der Waals surface area contributed by atoms with Crippen molar-refractivity contribution in [1.82, 2.24) is 0 Å². The SMILES string of the molecule is c1ccc2c(c1)-c1ccccc1C2(c1ccc(-c2ccc(-c3cccc4c3oc3ccccc34)cc2)cc1)c1ccc(-c2cccc3c2sc2ccccc23)cc1. The highest BCUT2D eigenvalue weighted by molar-refractivity contribution is 7.26. The summed E-state index contributed by atoms with van der Waals surface area (Å²) in [7, 11) is 0. The molecule has 266 valence electrons. The van der Waals surface area contributed by atoms with Crippen molar-refractivity contribution in [3.8, 4) is 44.5 Å². The van der Waals surface area contributed by atoms with E-state index >= 15 is 0 Å². The zero-order valence-electron chi connectivity index (χ0n) is 30.9. The maximum Gasteiger partial charge on any atom is 0.143 e. The minimum absolute atomic E-state index is 0.469. The maximum atomic E-state index is 6.37. The molecule has 12 rings (SSSR count). The zero-order chi connectivity index (χ0) is 37.5. The second-order valence-electron chi connectivity index (χ2n) is 15.1. The lowest BCUT2D eigenvalue weighted by Crippen LogP contribution is -2.28. The first-order valence-corrected chi connectivity index (χ1v) is 20.4. The molecule has 0 atom stereocenters. The second kappa shape index (κ2) is 12.5. The van der Waals surface area contributed by atoms with Crippen molar-refractivity contribution < 1.29 is 4.42 Å². The quantitative estimate of drug-likeness (QED) is 0.171. The van der Waals surface area contributed by atoms with E-state index in [0.717, 1.165) is 33.1 Å². The molecule has 2 heteroatoms. The van der Waals surface area contributed by atoms with E-state index < -0.39 is 5.41 Å². The summed E-state index contributed by atoms with van der Waals surface area (Å²) in [5, 5.41) is 4.95. The summed E-state index contributed by atoms with van der Waals surface area (Å²) >= 11 is 1.89. The van der Waals surface area contributed by atoms with Crippen molar-refractivity contribution in [1.29, 1.82) is 0 Å². The number of fused-ring (bicyclic) bond motifs is 9. The van der Waals surface area contributed by atoms with E-state index in [1.165, 1.54) is 75.8 Å². The Kier molecular flexibility index (Phi) is 7.08. The Balaban J connectivity index is 0.958. The molecule has 1 nitrogen and oxygen atoms in total. The fourth-order valence-electron chi connectivity index (χ4n) is 9.63. The molecule has 1 aliphatic rings. The number of para-hydroxylation sites is 2. The van der Waals surface area contributed by atoms with E-state index in [0.29, 0.717) is 0 Å². The van der Waals surface area contributed by atoms with Gasteiger partial charge in [0, 0.05) is 36.5 Å². The second-order valence-corrected chi connectivity index (χ2v) is 16.2. The van der Waals surface area contributed by atoms with Gasteiger partial charge in [0.15, 0.2) is 0 Å². The summed E-state index contributed by atoms with van der Waals surface area (Å²) in [5.41, 5.74) is 16.3. The van der Waals surface area contributed by atoms with Gasteiger partial charge in [0.2, 0.25) is 0 Å². The number of rotatable bonds is 5. The van der Waals surface area contributed by atoms with Crippen LogP contribution in [0.15, 0.2) is 211 Å². The van der Waals surface area contributed by atoms with Gasteiger partial charge >= 0.3 is 0 Å². The largest absolute Gasteiger partial charge is 0.455 e. The van der Waals surface area contributed by atoms with Gasteiger partial charge in [-0.15, -0.1) is 11.3 Å². The first kappa shape index (κ1) is 32.3. The monoisotopic (exact) mass is 742 g/mol. The highest BCUT2D eigenvalue weighted by Gasteiger charge is 2.45. The molecule has 1 aliphatic carbocycles. The summed E-state index contributed by atoms with van der Waals surface area (Å²) in [6.45, 7) is 0. The Morgan fingerprint density at radius 3 is 1.51 bits per heavy atom. The summed E-state index contributed by atoms with van der Waals surface area (Å²) in [4.78, 5) is 0. The Morgan fingerprint density at radius 2 is 0.807 bits per heavy atom. The molecular formula is C55H34OS. The van der Waals surface area contributed by atoms with Crippen LogP contribution in [0.25, 0.3) is 86.6 Å². The fourth-order valence-corrected chi connectivity index (χ4v) is 10.9. The average molecular weight is 743 g/mol. The molecule has 0 unspecified atom stereocenters. The predicted molar refractivity (Wildman–Crippen MR) is 240 cm³/mol. The standard InChI is InChI=1S/C55H34OS/c1-5-19-49-43(11-1)44-12-2-6-20-50(44)55(49,40-33-29-38(30-34-40)42-16-10-18-48-46-14-4-8-22-52(46)57-54(42)48)39-31-27-36(28-32-39)35-23-25-37(26-24-35)41-15-9-17-47-45-13-3-7-21-51(45)56-53(41)47/h1-34H. The smallest absolute Gasteiger partial charge is 0.143 e. The maximum absolute atomic E-state index is 6.37. The van der Waals surface area contributed by atoms with Crippen LogP contribution >= 0.6 is 11.3 Å². The normalized spacial score (nSPS) is 13.1. The van der Waals surface area contributed by atoms with E-state index in [-0.39, 0.29) is 0 Å². The highest BCUT2D eigenvalue weighted by Crippen LogP contribution is 2.56. The van der Waals surface area contributed by atoms with Crippen molar-refractivity contribution in [2.24, 2.45) is 0 Å². The van der Waals surface area contributed by atoms with E-state index in [4.69, 9.17) is 4.42 Å². The molecule has 0 saturated heterocycles. The van der Waals surface area contributed by atoms with Gasteiger partial charge in [-0.25, -0.2) is 0 Å². The molecule has 0 N–H and O–H groups in total. The lowest BCUT2D eigenvalue weighted by molar-refractivity contribution is 0.670.